The average molecular weight is 413 g/mol. The maximum Gasteiger partial charge on any atom is 0.412 e. The van der Waals surface area contributed by atoms with E-state index in [9.17, 15) is 13.2 Å². The summed E-state index contributed by atoms with van der Waals surface area (Å²) in [6.07, 6.45) is -0.588. The third-order valence-corrected chi connectivity index (χ3v) is 7.41. The van der Waals surface area contributed by atoms with Crippen LogP contribution in [0.5, 0.6) is 0 Å². The molecule has 27 heavy (non-hydrogen) atoms. The molecule has 1 aromatic heterocycles. The first kappa shape index (κ1) is 20.0. The van der Waals surface area contributed by atoms with Crippen LogP contribution < -0.4 is 0 Å². The van der Waals surface area contributed by atoms with Crippen LogP contribution in [-0.2, 0) is 19.3 Å². The summed E-state index contributed by atoms with van der Waals surface area (Å²) in [4.78, 5) is 18.3. The molecule has 0 aliphatic carbocycles. The Hall–Kier alpha value is -1.71. The van der Waals surface area contributed by atoms with Crippen LogP contribution in [0.3, 0.4) is 0 Å². The second kappa shape index (κ2) is 6.72. The first-order chi connectivity index (χ1) is 12.4. The van der Waals surface area contributed by atoms with Crippen LogP contribution in [0.25, 0.3) is 10.2 Å². The number of ether oxygens (including phenoxy) is 2. The third kappa shape index (κ3) is 4.25. The smallest absolute Gasteiger partial charge is 0.412 e. The summed E-state index contributed by atoms with van der Waals surface area (Å²) < 4.78 is 37.9. The zero-order valence-corrected chi connectivity index (χ0v) is 17.7. The second-order valence-corrected chi connectivity index (χ2v) is 11.2. The minimum atomic E-state index is -3.69. The number of nitrogens with zero attached hydrogens (tertiary/aromatic N) is 2. The van der Waals surface area contributed by atoms with Crippen LogP contribution in [0.2, 0.25) is 0 Å². The lowest BCUT2D eigenvalue weighted by Gasteiger charge is -2.34. The van der Waals surface area contributed by atoms with Crippen molar-refractivity contribution in [3.05, 3.63) is 24.3 Å². The van der Waals surface area contributed by atoms with Gasteiger partial charge in [-0.15, -0.1) is 11.3 Å². The SMILES string of the molecule is CC(C)(C)OC(=O)N1[C@H](CS(=O)(=O)c2nc3ccccc3s2)COC1(C)C. The molecule has 0 unspecified atom stereocenters. The van der Waals surface area contributed by atoms with Crippen LogP contribution >= 0.6 is 11.3 Å². The molecule has 3 rings (SSSR count). The van der Waals surface area contributed by atoms with Gasteiger partial charge in [0.15, 0.2) is 0 Å². The molecule has 0 N–H and O–H groups in total. The predicted octanol–water partition coefficient (Wildman–Crippen LogP) is 3.44. The van der Waals surface area contributed by atoms with Gasteiger partial charge >= 0.3 is 6.09 Å². The average Bonchev–Trinajstić information content (AvgIpc) is 3.06. The number of thiazole rings is 1. The summed E-state index contributed by atoms with van der Waals surface area (Å²) >= 11 is 1.13. The molecule has 0 saturated carbocycles. The Morgan fingerprint density at radius 2 is 2.04 bits per heavy atom. The largest absolute Gasteiger partial charge is 0.444 e. The van der Waals surface area contributed by atoms with Crippen LogP contribution in [0.15, 0.2) is 28.6 Å². The molecule has 2 heterocycles. The standard InChI is InChI=1S/C18H24N2O5S2/c1-17(2,3)25-16(21)20-12(10-24-18(20,4)5)11-27(22,23)15-19-13-8-6-7-9-14(13)26-15/h6-9,12H,10-11H2,1-5H3/t12-/m0/s1. The van der Waals surface area contributed by atoms with Gasteiger partial charge in [-0.25, -0.2) is 18.2 Å². The van der Waals surface area contributed by atoms with Gasteiger partial charge in [0.25, 0.3) is 0 Å². The van der Waals surface area contributed by atoms with E-state index in [0.717, 1.165) is 16.0 Å². The number of rotatable bonds is 3. The lowest BCUT2D eigenvalue weighted by atomic mass is 10.2. The molecule has 1 fully saturated rings. The normalized spacial score (nSPS) is 20.2. The van der Waals surface area contributed by atoms with Crippen molar-refractivity contribution in [3.8, 4) is 0 Å². The Bertz CT molecular complexity index is 927. The lowest BCUT2D eigenvalue weighted by Crippen LogP contribution is -2.51. The Kier molecular flexibility index (Phi) is 4.98. The fourth-order valence-electron chi connectivity index (χ4n) is 3.00. The first-order valence-electron chi connectivity index (χ1n) is 8.64. The molecule has 2 aromatic rings. The number of hydrogen-bond donors (Lipinski definition) is 0. The summed E-state index contributed by atoms with van der Waals surface area (Å²) in [5.74, 6) is -0.268. The van der Waals surface area contributed by atoms with Crippen molar-refractivity contribution >= 4 is 37.5 Å². The molecule has 1 aliphatic rings. The van der Waals surface area contributed by atoms with Crippen molar-refractivity contribution in [2.45, 2.75) is 56.3 Å². The number of carbonyl (C=O) groups is 1. The number of carbonyl (C=O) groups excluding carboxylic acids is 1. The van der Waals surface area contributed by atoms with Gasteiger partial charge in [0, 0.05) is 0 Å². The van der Waals surface area contributed by atoms with E-state index >= 15 is 0 Å². The van der Waals surface area contributed by atoms with Crippen molar-refractivity contribution in [1.29, 1.82) is 0 Å². The zero-order valence-electron chi connectivity index (χ0n) is 16.1. The van der Waals surface area contributed by atoms with E-state index in [1.807, 2.05) is 18.2 Å². The fraction of sp³-hybridized carbons (Fsp3) is 0.556. The van der Waals surface area contributed by atoms with Crippen molar-refractivity contribution in [2.24, 2.45) is 0 Å². The number of amides is 1. The van der Waals surface area contributed by atoms with Gasteiger partial charge in [-0.3, -0.25) is 4.90 Å². The van der Waals surface area contributed by atoms with Crippen LogP contribution in [0.4, 0.5) is 4.79 Å². The topological polar surface area (TPSA) is 85.8 Å². The van der Waals surface area contributed by atoms with Gasteiger partial charge in [0.2, 0.25) is 14.2 Å². The van der Waals surface area contributed by atoms with Crippen molar-refractivity contribution < 1.29 is 22.7 Å². The van der Waals surface area contributed by atoms with Gasteiger partial charge in [0.05, 0.1) is 28.6 Å². The molecular weight excluding hydrogens is 388 g/mol. The number of hydrogen-bond acceptors (Lipinski definition) is 7. The molecule has 1 amide bonds. The van der Waals surface area contributed by atoms with Crippen molar-refractivity contribution in [1.82, 2.24) is 9.88 Å². The fourth-order valence-corrected chi connectivity index (χ4v) is 5.81. The number of aromatic nitrogens is 1. The number of benzene rings is 1. The maximum absolute atomic E-state index is 12.9. The zero-order chi connectivity index (χ0) is 20.0. The monoisotopic (exact) mass is 412 g/mol. The van der Waals surface area contributed by atoms with Crippen molar-refractivity contribution in [2.75, 3.05) is 12.4 Å². The third-order valence-electron chi connectivity index (χ3n) is 4.12. The minimum absolute atomic E-state index is 0.0533. The summed E-state index contributed by atoms with van der Waals surface area (Å²) in [5, 5.41) is 0. The highest BCUT2D eigenvalue weighted by atomic mass is 32.2. The summed E-state index contributed by atoms with van der Waals surface area (Å²) in [7, 11) is -3.69. The number of fused-ring (bicyclic) bond motifs is 1. The lowest BCUT2D eigenvalue weighted by molar-refractivity contribution is -0.0617. The highest BCUT2D eigenvalue weighted by molar-refractivity contribution is 7.93. The molecule has 1 atom stereocenters. The molecule has 148 valence electrons. The minimum Gasteiger partial charge on any atom is -0.444 e. The van der Waals surface area contributed by atoms with E-state index in [1.54, 1.807) is 40.7 Å². The van der Waals surface area contributed by atoms with Crippen LogP contribution in [0.1, 0.15) is 34.6 Å². The molecule has 1 aliphatic heterocycles. The molecule has 9 heteroatoms. The van der Waals surface area contributed by atoms with Gasteiger partial charge in [-0.1, -0.05) is 12.1 Å². The molecular formula is C18H24N2O5S2. The van der Waals surface area contributed by atoms with E-state index in [4.69, 9.17) is 9.47 Å². The van der Waals surface area contributed by atoms with Crippen LogP contribution in [-0.4, -0.2) is 54.1 Å². The Morgan fingerprint density at radius 1 is 1.37 bits per heavy atom. The highest BCUT2D eigenvalue weighted by Gasteiger charge is 2.47. The highest BCUT2D eigenvalue weighted by Crippen LogP contribution is 2.32. The van der Waals surface area contributed by atoms with Gasteiger partial charge in [-0.05, 0) is 46.8 Å². The Labute approximate surface area is 163 Å². The molecule has 7 nitrogen and oxygen atoms in total. The predicted molar refractivity (Wildman–Crippen MR) is 104 cm³/mol. The summed E-state index contributed by atoms with van der Waals surface area (Å²) in [5.41, 5.74) is -0.990. The first-order valence-corrected chi connectivity index (χ1v) is 11.1. The number of para-hydroxylation sites is 1. The van der Waals surface area contributed by atoms with E-state index < -0.39 is 33.3 Å². The molecule has 1 aromatic carbocycles. The van der Waals surface area contributed by atoms with Gasteiger partial charge < -0.3 is 9.47 Å². The molecule has 0 spiro atoms. The quantitative estimate of drug-likeness (QED) is 0.768. The van der Waals surface area contributed by atoms with Crippen LogP contribution in [0, 0.1) is 0 Å². The van der Waals surface area contributed by atoms with Crippen molar-refractivity contribution in [3.63, 3.8) is 0 Å². The Balaban J connectivity index is 1.86. The van der Waals surface area contributed by atoms with Gasteiger partial charge in [0.1, 0.15) is 11.3 Å². The van der Waals surface area contributed by atoms with Gasteiger partial charge in [-0.2, -0.15) is 0 Å². The van der Waals surface area contributed by atoms with E-state index in [2.05, 4.69) is 4.98 Å². The Morgan fingerprint density at radius 3 is 2.67 bits per heavy atom. The summed E-state index contributed by atoms with van der Waals surface area (Å²) in [6, 6.07) is 6.62. The second-order valence-electron chi connectivity index (χ2n) is 7.99. The molecule has 0 bridgehead atoms. The van der Waals surface area contributed by atoms with E-state index in [-0.39, 0.29) is 16.7 Å². The van der Waals surface area contributed by atoms with E-state index in [0.29, 0.717) is 5.52 Å². The molecule has 1 saturated heterocycles. The maximum atomic E-state index is 12.9. The van der Waals surface area contributed by atoms with E-state index in [1.165, 1.54) is 4.90 Å². The summed E-state index contributed by atoms with van der Waals surface area (Å²) in [6.45, 7) is 8.87. The number of sulfone groups is 1. The molecule has 0 radical (unpaired) electrons.